The van der Waals surface area contributed by atoms with Crippen LogP contribution in [0.2, 0.25) is 0 Å². The van der Waals surface area contributed by atoms with Crippen LogP contribution in [0.4, 0.5) is 0 Å². The molecular weight excluding hydrogens is 769 g/mol. The van der Waals surface area contributed by atoms with Gasteiger partial charge in [-0.3, -0.25) is 14.6 Å². The zero-order valence-electron chi connectivity index (χ0n) is 37.2. The van der Waals surface area contributed by atoms with E-state index in [0.29, 0.717) is 25.1 Å². The molecule has 4 aromatic rings. The summed E-state index contributed by atoms with van der Waals surface area (Å²) in [5.74, 6) is 7.00. The Bertz CT molecular complexity index is 1760. The van der Waals surface area contributed by atoms with E-state index in [4.69, 9.17) is 20.6 Å². The van der Waals surface area contributed by atoms with Crippen LogP contribution in [0.5, 0.6) is 0 Å². The number of nitrogens with one attached hydrogen (secondary N) is 1. The van der Waals surface area contributed by atoms with Gasteiger partial charge < -0.3 is 24.4 Å². The first kappa shape index (κ1) is 51.6. The van der Waals surface area contributed by atoms with Crippen LogP contribution in [-0.2, 0) is 45.2 Å². The molecule has 2 saturated heterocycles. The van der Waals surface area contributed by atoms with E-state index in [1.165, 1.54) is 22.3 Å². The van der Waals surface area contributed by atoms with E-state index in [1.54, 1.807) is 6.92 Å². The molecule has 0 spiro atoms. The minimum absolute atomic E-state index is 0. The molecule has 0 amide bonds. The van der Waals surface area contributed by atoms with Crippen molar-refractivity contribution in [1.82, 2.24) is 20.0 Å². The molecule has 4 atom stereocenters. The second-order valence-corrected chi connectivity index (χ2v) is 15.7. The molecule has 334 valence electrons. The van der Waals surface area contributed by atoms with Crippen LogP contribution in [0.25, 0.3) is 0 Å². The number of likely N-dealkylation sites (tertiary alicyclic amines) is 1. The van der Waals surface area contributed by atoms with Gasteiger partial charge in [-0.25, -0.2) is 0 Å². The van der Waals surface area contributed by atoms with Crippen LogP contribution in [0.15, 0.2) is 121 Å². The van der Waals surface area contributed by atoms with Gasteiger partial charge in [0.15, 0.2) is 0 Å². The summed E-state index contributed by atoms with van der Waals surface area (Å²) in [6.07, 6.45) is 11.0. The highest BCUT2D eigenvalue weighted by Gasteiger charge is 2.34. The average molecular weight is 843 g/mol. The second-order valence-electron chi connectivity index (χ2n) is 15.7. The maximum Gasteiger partial charge on any atom is 0.305 e. The molecule has 0 saturated carbocycles. The largest absolute Gasteiger partial charge is 0.466 e. The summed E-state index contributed by atoms with van der Waals surface area (Å²) in [7, 11) is 3.68. The molecule has 2 aliphatic rings. The van der Waals surface area contributed by atoms with Crippen LogP contribution < -0.4 is 5.32 Å². The number of esters is 1. The molecule has 0 aromatic heterocycles. The number of rotatable bonds is 19. The first-order valence-electron chi connectivity index (χ1n) is 22.1. The quantitative estimate of drug-likeness (QED) is 0.0570. The Morgan fingerprint density at radius 3 is 1.58 bits per heavy atom. The number of carbonyl (C=O) groups is 1. The Morgan fingerprint density at radius 2 is 1.18 bits per heavy atom. The van der Waals surface area contributed by atoms with Gasteiger partial charge in [-0.05, 0) is 93.3 Å². The maximum absolute atomic E-state index is 11.5. The summed E-state index contributed by atoms with van der Waals surface area (Å²) in [5, 5.41) is 3.45. The summed E-state index contributed by atoms with van der Waals surface area (Å²) in [5.41, 5.74) is 5.40. The van der Waals surface area contributed by atoms with Gasteiger partial charge in [-0.15, -0.1) is 6.42 Å². The van der Waals surface area contributed by atoms with Crippen LogP contribution in [-0.4, -0.2) is 98.5 Å². The van der Waals surface area contributed by atoms with Crippen molar-refractivity contribution in [2.45, 2.75) is 110 Å². The molecule has 8 nitrogen and oxygen atoms in total. The fourth-order valence-electron chi connectivity index (χ4n) is 8.23. The van der Waals surface area contributed by atoms with Crippen LogP contribution in [0.1, 0.15) is 82.1 Å². The lowest BCUT2D eigenvalue weighted by atomic mass is 9.97. The van der Waals surface area contributed by atoms with Gasteiger partial charge in [0.25, 0.3) is 0 Å². The Hall–Kier alpha value is -4.77. The monoisotopic (exact) mass is 843 g/mol. The molecule has 0 aliphatic carbocycles. The lowest BCUT2D eigenvalue weighted by molar-refractivity contribution is -0.143. The fourth-order valence-corrected chi connectivity index (χ4v) is 8.23. The van der Waals surface area contributed by atoms with Gasteiger partial charge >= 0.3 is 5.97 Å². The molecule has 2 aliphatic heterocycles. The maximum atomic E-state index is 11.5. The molecule has 2 heterocycles. The number of carbonyl (C=O) groups excluding carboxylic acids is 1. The summed E-state index contributed by atoms with van der Waals surface area (Å²) >= 11 is 0. The van der Waals surface area contributed by atoms with Gasteiger partial charge in [-0.1, -0.05) is 141 Å². The number of methoxy groups -OCH3 is 2. The second kappa shape index (κ2) is 31.1. The molecule has 62 heavy (non-hydrogen) atoms. The van der Waals surface area contributed by atoms with Crippen LogP contribution >= 0.6 is 0 Å². The van der Waals surface area contributed by atoms with Crippen molar-refractivity contribution >= 4 is 5.97 Å². The van der Waals surface area contributed by atoms with Crippen LogP contribution in [0, 0.1) is 24.2 Å². The zero-order chi connectivity index (χ0) is 43.3. The minimum atomic E-state index is -0.0744. The van der Waals surface area contributed by atoms with Crippen molar-refractivity contribution in [3.05, 3.63) is 144 Å². The van der Waals surface area contributed by atoms with Crippen molar-refractivity contribution in [2.24, 2.45) is 0 Å². The number of ether oxygens (including phenoxy) is 3. The molecule has 0 unspecified atom stereocenters. The van der Waals surface area contributed by atoms with Gasteiger partial charge in [0.2, 0.25) is 0 Å². The van der Waals surface area contributed by atoms with E-state index < -0.39 is 0 Å². The number of piperidine rings is 2. The van der Waals surface area contributed by atoms with E-state index in [0.717, 1.165) is 91.0 Å². The zero-order valence-corrected chi connectivity index (χ0v) is 37.2. The normalized spacial score (nSPS) is 18.3. The first-order valence-corrected chi connectivity index (χ1v) is 22.1. The van der Waals surface area contributed by atoms with Crippen molar-refractivity contribution in [3.63, 3.8) is 0 Å². The Balaban J connectivity index is 0.000000307. The highest BCUT2D eigenvalue weighted by Crippen LogP contribution is 2.25. The third-order valence-corrected chi connectivity index (χ3v) is 11.3. The van der Waals surface area contributed by atoms with Crippen molar-refractivity contribution < 1.29 is 19.0 Å². The highest BCUT2D eigenvalue weighted by molar-refractivity contribution is 5.69. The van der Waals surface area contributed by atoms with Gasteiger partial charge in [0, 0.05) is 72.0 Å². The average Bonchev–Trinajstić information content (AvgIpc) is 3.30. The van der Waals surface area contributed by atoms with Crippen molar-refractivity contribution in [3.8, 4) is 24.2 Å². The summed E-state index contributed by atoms with van der Waals surface area (Å²) in [6, 6.07) is 43.8. The van der Waals surface area contributed by atoms with E-state index in [-0.39, 0.29) is 25.6 Å². The smallest absolute Gasteiger partial charge is 0.305 e. The van der Waals surface area contributed by atoms with Crippen molar-refractivity contribution in [1.29, 1.82) is 0 Å². The lowest BCUT2D eigenvalue weighted by Crippen LogP contribution is -2.54. The van der Waals surface area contributed by atoms with E-state index >= 15 is 0 Å². The minimum Gasteiger partial charge on any atom is -0.466 e. The van der Waals surface area contributed by atoms with Gasteiger partial charge in [0.1, 0.15) is 0 Å². The van der Waals surface area contributed by atoms with E-state index in [1.807, 2.05) is 21.1 Å². The summed E-state index contributed by atoms with van der Waals surface area (Å²) in [4.78, 5) is 19.2. The van der Waals surface area contributed by atoms with Gasteiger partial charge in [0.05, 0.1) is 18.8 Å². The molecule has 6 rings (SSSR count). The third-order valence-electron chi connectivity index (χ3n) is 11.3. The number of unbranched alkanes of at least 4 members (excludes halogenated alkanes) is 2. The van der Waals surface area contributed by atoms with E-state index in [9.17, 15) is 4.79 Å². The molecule has 0 radical (unpaired) electrons. The Kier molecular flexibility index (Phi) is 25.9. The lowest BCUT2D eigenvalue weighted by Gasteiger charge is -2.43. The SMILES string of the molecule is C.C#CC#CC.CCOC(=O)CCCCCN1CC[C@@H](N(Cc2ccccc2)Cc2ccccc2)[C@@H](OC)C1.CO[C@H]1CNCC[C@H]1N(Cc1ccccc1)Cc1ccccc1. The summed E-state index contributed by atoms with van der Waals surface area (Å²) < 4.78 is 16.8. The molecule has 4 aromatic carbocycles. The van der Waals surface area contributed by atoms with E-state index in [2.05, 4.69) is 159 Å². The number of benzene rings is 4. The molecular formula is C54H74N4O4. The third kappa shape index (κ3) is 19.1. The van der Waals surface area contributed by atoms with Crippen LogP contribution in [0.3, 0.4) is 0 Å². The number of nitrogens with zero attached hydrogens (tertiary/aromatic N) is 3. The first-order chi connectivity index (χ1) is 30.0. The molecule has 8 heteroatoms. The topological polar surface area (TPSA) is 66.5 Å². The van der Waals surface area contributed by atoms with Crippen molar-refractivity contribution in [2.75, 3.05) is 53.6 Å². The molecule has 1 N–H and O–H groups in total. The van der Waals surface area contributed by atoms with Gasteiger partial charge in [-0.2, -0.15) is 0 Å². The summed E-state index contributed by atoms with van der Waals surface area (Å²) in [6.45, 7) is 12.9. The highest BCUT2D eigenvalue weighted by atomic mass is 16.5. The fraction of sp³-hybridized carbons (Fsp3) is 0.463. The predicted octanol–water partition coefficient (Wildman–Crippen LogP) is 9.25. The number of hydrogen-bond donors (Lipinski definition) is 1. The Labute approximate surface area is 375 Å². The number of hydrogen-bond acceptors (Lipinski definition) is 8. The molecule has 0 bridgehead atoms. The molecule has 2 fully saturated rings. The number of terminal acetylenes is 1. The standard InChI is InChI=1S/C28H40N2O3.C20H26N2O.C5H4.CH4/c1-3-33-28(31)17-11-6-12-19-29-20-18-26(27(23-29)32-2)30(21-24-13-7-4-8-14-24)22-25-15-9-5-10-16-25;1-23-20-14-21-13-12-19(20)22(15-17-8-4-2-5-9-17)16-18-10-6-3-7-11-18;1-3-5-4-2;/h4-5,7-10,13-16,26-27H,3,6,11-12,17-23H2,1-2H3;2-11,19-21H,12-16H2,1H3;1H,2H3;1H4/t26-,27+;19-,20+;;/m11../s1. The Morgan fingerprint density at radius 1 is 0.710 bits per heavy atom. The predicted molar refractivity (Wildman–Crippen MR) is 256 cm³/mol.